The van der Waals surface area contributed by atoms with Gasteiger partial charge in [0.2, 0.25) is 0 Å². The van der Waals surface area contributed by atoms with E-state index in [4.69, 9.17) is 18.5 Å². The molecule has 0 spiro atoms. The third-order valence-electron chi connectivity index (χ3n) is 9.79. The fourth-order valence-electron chi connectivity index (χ4n) is 6.13. The van der Waals surface area contributed by atoms with Crippen LogP contribution in [0.25, 0.3) is 0 Å². The predicted octanol–water partition coefficient (Wildman–Crippen LogP) is 7.47. The first-order chi connectivity index (χ1) is 29.8. The normalized spacial score (nSPS) is 23.2. The monoisotopic (exact) mass is 897 g/mol. The number of phosphoric ester groups is 1. The molecule has 1 saturated carbocycles. The first kappa shape index (κ1) is 57.0. The maximum absolute atomic E-state index is 12.8. The zero-order valence-corrected chi connectivity index (χ0v) is 37.9. The van der Waals surface area contributed by atoms with Gasteiger partial charge in [-0.2, -0.15) is 0 Å². The van der Waals surface area contributed by atoms with Crippen LogP contribution in [0.4, 0.5) is 0 Å². The Hall–Kier alpha value is -3.01. The van der Waals surface area contributed by atoms with Gasteiger partial charge >= 0.3 is 19.8 Å². The smallest absolute Gasteiger partial charge is 0.462 e. The second-order valence-electron chi connectivity index (χ2n) is 15.3. The van der Waals surface area contributed by atoms with Crippen molar-refractivity contribution in [2.75, 3.05) is 13.2 Å². The molecule has 9 atom stereocenters. The lowest BCUT2D eigenvalue weighted by atomic mass is 9.85. The number of esters is 2. The third kappa shape index (κ3) is 28.6. The minimum absolute atomic E-state index is 0.00483. The van der Waals surface area contributed by atoms with Crippen LogP contribution < -0.4 is 0 Å². The van der Waals surface area contributed by atoms with Crippen LogP contribution in [-0.4, -0.2) is 110 Å². The maximum Gasteiger partial charge on any atom is 0.472 e. The van der Waals surface area contributed by atoms with E-state index in [0.29, 0.717) is 19.3 Å². The molecule has 1 aliphatic carbocycles. The molecule has 7 N–H and O–H groups in total. The number of allylic oxidation sites excluding steroid dienone is 13. The molecule has 14 nitrogen and oxygen atoms in total. The Balaban J connectivity index is 2.55. The van der Waals surface area contributed by atoms with Gasteiger partial charge in [0.05, 0.1) is 12.7 Å². The van der Waals surface area contributed by atoms with Gasteiger partial charge in [-0.3, -0.25) is 18.6 Å². The molecule has 0 radical (unpaired) electrons. The highest BCUT2D eigenvalue weighted by molar-refractivity contribution is 7.47. The minimum atomic E-state index is -5.15. The lowest BCUT2D eigenvalue weighted by Crippen LogP contribution is -2.64. The van der Waals surface area contributed by atoms with E-state index >= 15 is 0 Å². The Morgan fingerprint density at radius 1 is 0.581 bits per heavy atom. The molecule has 0 bridgehead atoms. The van der Waals surface area contributed by atoms with Crippen molar-refractivity contribution >= 4 is 19.8 Å². The van der Waals surface area contributed by atoms with Crippen LogP contribution in [0.1, 0.15) is 136 Å². The molecule has 0 aliphatic heterocycles. The quantitative estimate of drug-likeness (QED) is 0.0142. The first-order valence-electron chi connectivity index (χ1n) is 22.5. The van der Waals surface area contributed by atoms with Crippen molar-refractivity contribution in [1.29, 1.82) is 0 Å². The van der Waals surface area contributed by atoms with Crippen LogP contribution in [0.3, 0.4) is 0 Å². The van der Waals surface area contributed by atoms with Gasteiger partial charge in [-0.1, -0.05) is 131 Å². The average molecular weight is 897 g/mol. The zero-order valence-electron chi connectivity index (χ0n) is 37.0. The second-order valence-corrected chi connectivity index (χ2v) is 16.7. The predicted molar refractivity (Wildman–Crippen MR) is 241 cm³/mol. The van der Waals surface area contributed by atoms with E-state index in [9.17, 15) is 49.7 Å². The molecule has 0 saturated heterocycles. The summed E-state index contributed by atoms with van der Waals surface area (Å²) in [5.74, 6) is -1.22. The fourth-order valence-corrected chi connectivity index (χ4v) is 7.11. The summed E-state index contributed by atoms with van der Waals surface area (Å²) in [5, 5.41) is 59.9. The van der Waals surface area contributed by atoms with Gasteiger partial charge in [0.15, 0.2) is 6.10 Å². The molecule has 0 aromatic heterocycles. The van der Waals surface area contributed by atoms with Crippen molar-refractivity contribution in [3.05, 3.63) is 85.1 Å². The van der Waals surface area contributed by atoms with Crippen LogP contribution in [0, 0.1) is 0 Å². The van der Waals surface area contributed by atoms with E-state index in [-0.39, 0.29) is 18.9 Å². The van der Waals surface area contributed by atoms with Gasteiger partial charge in [0.1, 0.15) is 43.2 Å². The molecule has 15 heteroatoms. The molecule has 0 aromatic carbocycles. The highest BCUT2D eigenvalue weighted by Crippen LogP contribution is 2.47. The number of phosphoric acid groups is 1. The molecule has 62 heavy (non-hydrogen) atoms. The molecule has 0 amide bonds. The molecule has 0 heterocycles. The number of aliphatic hydroxyl groups is 6. The van der Waals surface area contributed by atoms with Crippen LogP contribution in [0.15, 0.2) is 85.1 Å². The van der Waals surface area contributed by atoms with Crippen molar-refractivity contribution in [3.8, 4) is 0 Å². The van der Waals surface area contributed by atoms with Gasteiger partial charge < -0.3 is 45.0 Å². The Kier molecular flexibility index (Phi) is 33.4. The summed E-state index contributed by atoms with van der Waals surface area (Å²) in [5.41, 5.74) is 0. The van der Waals surface area contributed by atoms with E-state index in [1.807, 2.05) is 30.4 Å². The Bertz CT molecular complexity index is 1420. The third-order valence-corrected chi connectivity index (χ3v) is 10.8. The summed E-state index contributed by atoms with van der Waals surface area (Å²) in [7, 11) is -5.15. The van der Waals surface area contributed by atoms with Gasteiger partial charge in [-0.25, -0.2) is 4.57 Å². The van der Waals surface area contributed by atoms with E-state index in [1.54, 1.807) is 0 Å². The maximum atomic E-state index is 12.8. The molecule has 1 aliphatic rings. The summed E-state index contributed by atoms with van der Waals surface area (Å²) >= 11 is 0. The van der Waals surface area contributed by atoms with Crippen LogP contribution in [-0.2, 0) is 32.7 Å². The summed E-state index contributed by atoms with van der Waals surface area (Å²) in [4.78, 5) is 35.6. The number of carbonyl (C=O) groups is 2. The highest BCUT2D eigenvalue weighted by atomic mass is 31.2. The topological polar surface area (TPSA) is 230 Å². The van der Waals surface area contributed by atoms with Crippen LogP contribution in [0.2, 0.25) is 0 Å². The first-order valence-corrected chi connectivity index (χ1v) is 24.0. The van der Waals surface area contributed by atoms with Gasteiger partial charge in [-0.15, -0.1) is 0 Å². The Morgan fingerprint density at radius 2 is 1.06 bits per heavy atom. The number of aliphatic hydroxyl groups excluding tert-OH is 6. The van der Waals surface area contributed by atoms with E-state index in [1.165, 1.54) is 0 Å². The number of carbonyl (C=O) groups excluding carboxylic acids is 2. The van der Waals surface area contributed by atoms with Crippen molar-refractivity contribution in [2.24, 2.45) is 0 Å². The molecule has 1 rings (SSSR count). The summed E-state index contributed by atoms with van der Waals surface area (Å²) in [6.07, 6.45) is 29.8. The molecular weight excluding hydrogens is 819 g/mol. The lowest BCUT2D eigenvalue weighted by Gasteiger charge is -2.41. The summed E-state index contributed by atoms with van der Waals surface area (Å²) in [6, 6.07) is 0. The van der Waals surface area contributed by atoms with Crippen LogP contribution in [0.5, 0.6) is 0 Å². The van der Waals surface area contributed by atoms with Crippen LogP contribution >= 0.6 is 7.82 Å². The molecule has 0 aromatic rings. The van der Waals surface area contributed by atoms with Gasteiger partial charge in [0, 0.05) is 12.8 Å². The number of ether oxygens (including phenoxy) is 2. The molecule has 354 valence electrons. The molecule has 1 fully saturated rings. The number of hydrogen-bond donors (Lipinski definition) is 7. The van der Waals surface area contributed by atoms with E-state index in [2.05, 4.69) is 68.5 Å². The highest BCUT2D eigenvalue weighted by Gasteiger charge is 2.51. The summed E-state index contributed by atoms with van der Waals surface area (Å²) in [6.45, 7) is 2.95. The second kappa shape index (κ2) is 36.3. The average Bonchev–Trinajstić information content (AvgIpc) is 3.25. The minimum Gasteiger partial charge on any atom is -0.462 e. The standard InChI is InChI=1S/C47H77O14P/c1-3-5-7-8-9-10-11-12-13-14-18-21-24-27-30-34-40(49)58-36-39(37-59-62(56,57)61-47-45(54)43(52)42(51)44(53)46(47)55)60-41(50)35-31-28-25-22-19-16-15-17-20-23-26-29-33-38(48)32-6-4-2/h5,7,9-10,12-13,15-16,20,22-23,25,29,33,38-39,42-48,51-55H,3-4,6,8,11,14,17-19,21,24,26-28,30-32,34-37H2,1-2H3,(H,56,57)/b7-5-,10-9-,13-12-,16-15-,23-20-,25-22-,33-29-/t38-,39-,42?,43-,44+,45-,46-,47?/m1/s1. The van der Waals surface area contributed by atoms with Crippen molar-refractivity contribution < 1.29 is 68.2 Å². The molecular formula is C47H77O14P. The van der Waals surface area contributed by atoms with E-state index < -0.39 is 75.7 Å². The van der Waals surface area contributed by atoms with Gasteiger partial charge in [0.25, 0.3) is 0 Å². The Labute approximate surface area is 370 Å². The van der Waals surface area contributed by atoms with Gasteiger partial charge in [-0.05, 0) is 77.0 Å². The lowest BCUT2D eigenvalue weighted by molar-refractivity contribution is -0.220. The molecule has 3 unspecified atom stereocenters. The van der Waals surface area contributed by atoms with Crippen molar-refractivity contribution in [3.63, 3.8) is 0 Å². The number of rotatable bonds is 35. The SMILES string of the molecule is CC/C=C\C/C=C\C/C=C\CCCCCCCC(=O)OC[C@H](COP(=O)(O)OC1[C@H](O)[C@H](O)C(O)[C@H](O)[C@H]1O)OC(=O)CCC/C=C\C/C=C\C/C=C\C/C=C\[C@H](O)CCCC. The summed E-state index contributed by atoms with van der Waals surface area (Å²) < 4.78 is 33.4. The zero-order chi connectivity index (χ0) is 45.9. The number of unbranched alkanes of at least 4 members (excludes halogenated alkanes) is 7. The largest absolute Gasteiger partial charge is 0.472 e. The number of hydrogen-bond acceptors (Lipinski definition) is 13. The van der Waals surface area contributed by atoms with Crippen molar-refractivity contribution in [1.82, 2.24) is 0 Å². The van der Waals surface area contributed by atoms with E-state index in [0.717, 1.165) is 89.9 Å². The van der Waals surface area contributed by atoms with Crippen molar-refractivity contribution in [2.45, 2.75) is 185 Å². The Morgan fingerprint density at radius 3 is 1.65 bits per heavy atom. The fraction of sp³-hybridized carbons (Fsp3) is 0.660.